The van der Waals surface area contributed by atoms with E-state index in [1.165, 1.54) is 23.1 Å². The maximum Gasteiger partial charge on any atom is 0.271 e. The van der Waals surface area contributed by atoms with Crippen molar-refractivity contribution < 1.29 is 0 Å². The van der Waals surface area contributed by atoms with Gasteiger partial charge in [-0.2, -0.15) is 0 Å². The van der Waals surface area contributed by atoms with E-state index in [-0.39, 0.29) is 5.56 Å². The van der Waals surface area contributed by atoms with Gasteiger partial charge in [-0.15, -0.1) is 0 Å². The molecule has 0 amide bonds. The number of hydrogen-bond donors (Lipinski definition) is 1. The van der Waals surface area contributed by atoms with Gasteiger partial charge in [0.25, 0.3) is 5.56 Å². The zero-order valence-electron chi connectivity index (χ0n) is 14.2. The number of nitrogens with one attached hydrogen (secondary N) is 1. The summed E-state index contributed by atoms with van der Waals surface area (Å²) in [6.07, 6.45) is 0. The number of thiazole rings is 1. The fourth-order valence-electron chi connectivity index (χ4n) is 2.64. The summed E-state index contributed by atoms with van der Waals surface area (Å²) < 4.78 is 2.98. The first-order valence-electron chi connectivity index (χ1n) is 8.12. The molecule has 2 aromatic heterocycles. The van der Waals surface area contributed by atoms with Gasteiger partial charge in [0.05, 0.1) is 0 Å². The second kappa shape index (κ2) is 7.59. The summed E-state index contributed by atoms with van der Waals surface area (Å²) in [5.74, 6) is 0.615. The van der Waals surface area contributed by atoms with E-state index in [1.807, 2.05) is 60.0 Å². The van der Waals surface area contributed by atoms with E-state index in [9.17, 15) is 4.79 Å². The topological polar surface area (TPSA) is 50.7 Å². The van der Waals surface area contributed by atoms with Gasteiger partial charge in [-0.25, -0.2) is 4.98 Å². The Bertz CT molecular complexity index is 1240. The average Bonchev–Trinajstić information content (AvgIpc) is 2.98. The molecule has 27 heavy (non-hydrogen) atoms. The zero-order chi connectivity index (χ0) is 19.0. The van der Waals surface area contributed by atoms with Crippen LogP contribution in [0.4, 0.5) is 0 Å². The van der Waals surface area contributed by atoms with E-state index in [0.717, 1.165) is 16.8 Å². The maximum atomic E-state index is 12.5. The van der Waals surface area contributed by atoms with Crippen molar-refractivity contribution in [2.45, 2.75) is 17.8 Å². The van der Waals surface area contributed by atoms with Crippen molar-refractivity contribution in [1.29, 1.82) is 0 Å². The number of hydrogen-bond acceptors (Lipinski definition) is 5. The summed E-state index contributed by atoms with van der Waals surface area (Å²) in [7, 11) is 0. The van der Waals surface area contributed by atoms with Gasteiger partial charge < -0.3 is 4.98 Å². The number of fused-ring (bicyclic) bond motifs is 1. The molecule has 2 aromatic carbocycles. The van der Waals surface area contributed by atoms with Crippen molar-refractivity contribution in [2.24, 2.45) is 0 Å². The van der Waals surface area contributed by atoms with Gasteiger partial charge in [0.1, 0.15) is 4.70 Å². The molecular formula is C19H14ClN3OS3. The van der Waals surface area contributed by atoms with Gasteiger partial charge in [0.2, 0.25) is 0 Å². The summed E-state index contributed by atoms with van der Waals surface area (Å²) in [6, 6.07) is 15.6. The first-order valence-corrected chi connectivity index (χ1v) is 10.7. The third-order valence-electron chi connectivity index (χ3n) is 4.04. The quantitative estimate of drug-likeness (QED) is 0.253. The first-order chi connectivity index (χ1) is 13.0. The van der Waals surface area contributed by atoms with Crippen LogP contribution < -0.4 is 5.56 Å². The summed E-state index contributed by atoms with van der Waals surface area (Å²) in [5, 5.41) is 1.24. The zero-order valence-corrected chi connectivity index (χ0v) is 17.4. The van der Waals surface area contributed by atoms with Gasteiger partial charge in [-0.3, -0.25) is 9.36 Å². The molecule has 0 unspecified atom stereocenters. The second-order valence-electron chi connectivity index (χ2n) is 5.94. The van der Waals surface area contributed by atoms with Gasteiger partial charge in [-0.1, -0.05) is 70.6 Å². The monoisotopic (exact) mass is 431 g/mol. The third-order valence-corrected chi connectivity index (χ3v) is 6.69. The number of benzene rings is 2. The molecule has 0 aliphatic rings. The Morgan fingerprint density at radius 1 is 1.22 bits per heavy atom. The summed E-state index contributed by atoms with van der Waals surface area (Å²) >= 11 is 14.4. The minimum Gasteiger partial charge on any atom is -0.300 e. The van der Waals surface area contributed by atoms with Gasteiger partial charge in [0, 0.05) is 16.5 Å². The highest BCUT2D eigenvalue weighted by molar-refractivity contribution is 7.98. The van der Waals surface area contributed by atoms with Crippen LogP contribution in [0.25, 0.3) is 16.0 Å². The molecule has 0 aliphatic heterocycles. The van der Waals surface area contributed by atoms with Crippen molar-refractivity contribution in [3.05, 3.63) is 79.0 Å². The molecule has 4 aromatic rings. The summed E-state index contributed by atoms with van der Waals surface area (Å²) in [4.78, 5) is 20.1. The first kappa shape index (κ1) is 18.4. The lowest BCUT2D eigenvalue weighted by Crippen LogP contribution is -2.09. The van der Waals surface area contributed by atoms with E-state index in [0.29, 0.717) is 30.2 Å². The summed E-state index contributed by atoms with van der Waals surface area (Å²) in [6.45, 7) is 2.03. The van der Waals surface area contributed by atoms with Crippen molar-refractivity contribution in [2.75, 3.05) is 0 Å². The van der Waals surface area contributed by atoms with Crippen LogP contribution in [0.2, 0.25) is 5.02 Å². The highest BCUT2D eigenvalue weighted by Crippen LogP contribution is 2.27. The molecule has 2 heterocycles. The van der Waals surface area contributed by atoms with Crippen LogP contribution in [0.3, 0.4) is 0 Å². The molecule has 0 atom stereocenters. The molecule has 8 heteroatoms. The summed E-state index contributed by atoms with van der Waals surface area (Å²) in [5.41, 5.74) is 3.46. The Morgan fingerprint density at radius 2 is 1.96 bits per heavy atom. The molecule has 0 aliphatic carbocycles. The van der Waals surface area contributed by atoms with Crippen LogP contribution in [-0.2, 0) is 5.75 Å². The minimum absolute atomic E-state index is 0.177. The molecule has 0 saturated heterocycles. The molecule has 1 N–H and O–H groups in total. The van der Waals surface area contributed by atoms with E-state index >= 15 is 0 Å². The highest BCUT2D eigenvalue weighted by Gasteiger charge is 2.14. The van der Waals surface area contributed by atoms with Crippen molar-refractivity contribution >= 4 is 57.3 Å². The van der Waals surface area contributed by atoms with E-state index in [1.54, 1.807) is 0 Å². The Morgan fingerprint density at radius 3 is 2.70 bits per heavy atom. The normalized spacial score (nSPS) is 11.2. The molecule has 136 valence electrons. The lowest BCUT2D eigenvalue weighted by molar-refractivity contribution is 0.943. The van der Waals surface area contributed by atoms with Crippen molar-refractivity contribution in [1.82, 2.24) is 14.5 Å². The Labute approximate surface area is 173 Å². The van der Waals surface area contributed by atoms with Crippen LogP contribution in [0, 0.1) is 10.9 Å². The molecule has 0 fully saturated rings. The van der Waals surface area contributed by atoms with Crippen molar-refractivity contribution in [3.8, 4) is 5.69 Å². The van der Waals surface area contributed by atoms with Crippen LogP contribution in [-0.4, -0.2) is 14.5 Å². The Balaban J connectivity index is 1.77. The standard InChI is InChI=1S/C19H14ClN3OS3/c1-11-6-8-13(9-7-11)23-16-15(27-19(23)25)17(24)22-18(21-16)26-10-12-4-2-3-5-14(12)20/h2-9H,10H2,1H3,(H,21,22,24). The van der Waals surface area contributed by atoms with E-state index in [2.05, 4.69) is 9.97 Å². The fraction of sp³-hybridized carbons (Fsp3) is 0.105. The highest BCUT2D eigenvalue weighted by atomic mass is 35.5. The van der Waals surface area contributed by atoms with Crippen LogP contribution in [0.5, 0.6) is 0 Å². The number of rotatable bonds is 4. The van der Waals surface area contributed by atoms with Gasteiger partial charge >= 0.3 is 0 Å². The largest absolute Gasteiger partial charge is 0.300 e. The molecule has 0 saturated carbocycles. The SMILES string of the molecule is Cc1ccc(-n2c(=S)sc3c(=O)[nH]c(SCc4ccccc4Cl)nc32)cc1. The lowest BCUT2D eigenvalue weighted by Gasteiger charge is -2.06. The number of aromatic amines is 1. The lowest BCUT2D eigenvalue weighted by atomic mass is 10.2. The number of thioether (sulfide) groups is 1. The van der Waals surface area contributed by atoms with Crippen LogP contribution >= 0.6 is 46.9 Å². The number of halogens is 1. The van der Waals surface area contributed by atoms with E-state index < -0.39 is 0 Å². The molecular weight excluding hydrogens is 418 g/mol. The minimum atomic E-state index is -0.177. The van der Waals surface area contributed by atoms with Gasteiger partial charge in [0.15, 0.2) is 14.8 Å². The van der Waals surface area contributed by atoms with Crippen LogP contribution in [0.15, 0.2) is 58.5 Å². The number of aromatic nitrogens is 3. The number of H-pyrrole nitrogens is 1. The number of aryl methyl sites for hydroxylation is 1. The Hall–Kier alpha value is -1.93. The molecule has 4 rings (SSSR count). The second-order valence-corrected chi connectivity index (χ2v) is 8.96. The van der Waals surface area contributed by atoms with E-state index in [4.69, 9.17) is 23.8 Å². The Kier molecular flexibility index (Phi) is 5.19. The molecule has 0 spiro atoms. The van der Waals surface area contributed by atoms with Crippen molar-refractivity contribution in [3.63, 3.8) is 0 Å². The predicted molar refractivity (Wildman–Crippen MR) is 116 cm³/mol. The molecule has 0 radical (unpaired) electrons. The van der Waals surface area contributed by atoms with Crippen LogP contribution in [0.1, 0.15) is 11.1 Å². The van der Waals surface area contributed by atoms with Gasteiger partial charge in [-0.05, 0) is 42.9 Å². The molecule has 4 nitrogen and oxygen atoms in total. The third kappa shape index (κ3) is 3.73. The smallest absolute Gasteiger partial charge is 0.271 e. The predicted octanol–water partition coefficient (Wildman–Crippen LogP) is 5.76. The average molecular weight is 432 g/mol. The fourth-order valence-corrected chi connectivity index (χ4v) is 5.06. The maximum absolute atomic E-state index is 12.5. The molecule has 0 bridgehead atoms. The number of nitrogens with zero attached hydrogens (tertiary/aromatic N) is 2.